The molecule has 0 aliphatic rings. The van der Waals surface area contributed by atoms with E-state index in [4.69, 9.17) is 5.73 Å². The molecule has 0 aromatic heterocycles. The Labute approximate surface area is 326 Å². The Morgan fingerprint density at radius 1 is 0.661 bits per heavy atom. The van der Waals surface area contributed by atoms with Crippen LogP contribution in [0, 0.1) is 0 Å². The lowest BCUT2D eigenvalue weighted by Crippen LogP contribution is -2.48. The lowest BCUT2D eigenvalue weighted by Gasteiger charge is -2.23. The standard InChI is InChI=1S/C47H45N5O4/c48-47(52-41(54)18-8-14-32-21-22-37-24-23-35-15-7-16-36-25-28-39(32)44(37)42(35)36)49-29-9-17-40(45(55)50-30-31-19-26-38(53)27-20-31)51-46(56)43(33-10-3-1-4-11-33)34-12-5-2-6-13-34/h1-7,10-13,15-16,19-28,40,43,53H,8-9,14,17-18,29-30H2,(H,50,55)(H,51,56)(H3,48,49,52,54)/t40-/m1/s1. The van der Waals surface area contributed by atoms with E-state index < -0.39 is 12.0 Å². The number of nitrogens with one attached hydrogen (secondary N) is 3. The van der Waals surface area contributed by atoms with Crippen molar-refractivity contribution in [3.05, 3.63) is 162 Å². The number of aryl methyl sites for hydroxylation is 1. The number of hydrogen-bond donors (Lipinski definition) is 5. The van der Waals surface area contributed by atoms with Gasteiger partial charge in [0, 0.05) is 19.5 Å². The molecule has 7 rings (SSSR count). The van der Waals surface area contributed by atoms with Gasteiger partial charge in [-0.15, -0.1) is 0 Å². The number of rotatable bonds is 15. The summed E-state index contributed by atoms with van der Waals surface area (Å²) in [6.07, 6.45) is 2.39. The molecule has 7 aromatic rings. The molecule has 0 fully saturated rings. The van der Waals surface area contributed by atoms with Crippen LogP contribution in [0.25, 0.3) is 32.3 Å². The Morgan fingerprint density at radius 2 is 1.29 bits per heavy atom. The van der Waals surface area contributed by atoms with Crippen LogP contribution in [0.15, 0.2) is 145 Å². The van der Waals surface area contributed by atoms with Gasteiger partial charge >= 0.3 is 0 Å². The number of guanidine groups is 1. The fourth-order valence-corrected chi connectivity index (χ4v) is 7.43. The van der Waals surface area contributed by atoms with Crippen molar-refractivity contribution in [3.8, 4) is 5.75 Å². The zero-order valence-corrected chi connectivity index (χ0v) is 31.1. The number of benzene rings is 7. The van der Waals surface area contributed by atoms with Crippen LogP contribution < -0.4 is 21.7 Å². The Balaban J connectivity index is 0.950. The van der Waals surface area contributed by atoms with E-state index in [1.165, 1.54) is 37.9 Å². The maximum atomic E-state index is 13.9. The molecule has 0 spiro atoms. The average molecular weight is 744 g/mol. The van der Waals surface area contributed by atoms with Crippen molar-refractivity contribution in [1.82, 2.24) is 16.0 Å². The molecule has 3 amide bonds. The molecular formula is C47H45N5O4. The lowest BCUT2D eigenvalue weighted by atomic mass is 9.90. The van der Waals surface area contributed by atoms with Gasteiger partial charge < -0.3 is 21.5 Å². The third-order valence-corrected chi connectivity index (χ3v) is 10.2. The van der Waals surface area contributed by atoms with Crippen molar-refractivity contribution in [3.63, 3.8) is 0 Å². The molecule has 0 radical (unpaired) electrons. The highest BCUT2D eigenvalue weighted by molar-refractivity contribution is 6.23. The third kappa shape index (κ3) is 8.96. The number of nitrogens with two attached hydrogens (primary N) is 1. The van der Waals surface area contributed by atoms with Crippen molar-refractivity contribution in [2.24, 2.45) is 10.7 Å². The molecule has 9 nitrogen and oxygen atoms in total. The van der Waals surface area contributed by atoms with Gasteiger partial charge in [-0.1, -0.05) is 127 Å². The van der Waals surface area contributed by atoms with E-state index in [-0.39, 0.29) is 55.4 Å². The first-order valence-electron chi connectivity index (χ1n) is 19.0. The Hall–Kier alpha value is -6.74. The summed E-state index contributed by atoms with van der Waals surface area (Å²) in [5.41, 5.74) is 9.74. The predicted octanol–water partition coefficient (Wildman–Crippen LogP) is 7.46. The van der Waals surface area contributed by atoms with E-state index in [9.17, 15) is 19.5 Å². The Kier molecular flexibility index (Phi) is 11.8. The van der Waals surface area contributed by atoms with Gasteiger partial charge in [-0.05, 0) is 92.4 Å². The smallest absolute Gasteiger partial charge is 0.242 e. The summed E-state index contributed by atoms with van der Waals surface area (Å²) in [5.74, 6) is -1.33. The van der Waals surface area contributed by atoms with Gasteiger partial charge in [0.25, 0.3) is 0 Å². The van der Waals surface area contributed by atoms with Gasteiger partial charge in [-0.2, -0.15) is 0 Å². The number of nitrogens with zero attached hydrogens (tertiary/aromatic N) is 1. The Morgan fingerprint density at radius 3 is 1.96 bits per heavy atom. The summed E-state index contributed by atoms with van der Waals surface area (Å²) < 4.78 is 0. The second-order valence-electron chi connectivity index (χ2n) is 14.1. The second kappa shape index (κ2) is 17.6. The van der Waals surface area contributed by atoms with Crippen LogP contribution in [0.5, 0.6) is 5.75 Å². The zero-order chi connectivity index (χ0) is 38.9. The van der Waals surface area contributed by atoms with Crippen LogP contribution in [0.4, 0.5) is 0 Å². The van der Waals surface area contributed by atoms with Gasteiger partial charge in [0.15, 0.2) is 5.96 Å². The third-order valence-electron chi connectivity index (χ3n) is 10.2. The largest absolute Gasteiger partial charge is 0.508 e. The minimum absolute atomic E-state index is 0.0170. The molecule has 0 heterocycles. The predicted molar refractivity (Wildman–Crippen MR) is 224 cm³/mol. The molecule has 0 aliphatic carbocycles. The van der Waals surface area contributed by atoms with E-state index >= 15 is 0 Å². The molecule has 282 valence electrons. The molecule has 56 heavy (non-hydrogen) atoms. The minimum Gasteiger partial charge on any atom is -0.508 e. The fraction of sp³-hybridized carbons (Fsp3) is 0.191. The van der Waals surface area contributed by atoms with Crippen LogP contribution in [0.1, 0.15) is 53.9 Å². The number of amides is 3. The number of phenols is 1. The summed E-state index contributed by atoms with van der Waals surface area (Å²) in [6.45, 7) is 0.466. The van der Waals surface area contributed by atoms with E-state index in [2.05, 4.69) is 75.5 Å². The fourth-order valence-electron chi connectivity index (χ4n) is 7.43. The topological polar surface area (TPSA) is 146 Å². The summed E-state index contributed by atoms with van der Waals surface area (Å²) in [6, 6.07) is 44.0. The van der Waals surface area contributed by atoms with Crippen LogP contribution in [-0.4, -0.2) is 41.4 Å². The molecule has 1 atom stereocenters. The van der Waals surface area contributed by atoms with Crippen molar-refractivity contribution < 1.29 is 19.5 Å². The number of carbonyl (C=O) groups is 3. The van der Waals surface area contributed by atoms with Gasteiger partial charge in [0.1, 0.15) is 11.8 Å². The van der Waals surface area contributed by atoms with Crippen LogP contribution in [0.3, 0.4) is 0 Å². The summed E-state index contributed by atoms with van der Waals surface area (Å²) >= 11 is 0. The van der Waals surface area contributed by atoms with Crippen LogP contribution in [0.2, 0.25) is 0 Å². The minimum atomic E-state index is -0.861. The zero-order valence-electron chi connectivity index (χ0n) is 31.1. The monoisotopic (exact) mass is 743 g/mol. The summed E-state index contributed by atoms with van der Waals surface area (Å²) in [7, 11) is 0. The quantitative estimate of drug-likeness (QED) is 0.0321. The van der Waals surface area contributed by atoms with Crippen molar-refractivity contribution >= 4 is 56.0 Å². The maximum absolute atomic E-state index is 13.9. The van der Waals surface area contributed by atoms with Crippen molar-refractivity contribution in [1.29, 1.82) is 0 Å². The number of phenolic OH excluding ortho intramolecular Hbond substituents is 1. The number of carbonyl (C=O) groups excluding carboxylic acids is 3. The highest BCUT2D eigenvalue weighted by atomic mass is 16.3. The average Bonchev–Trinajstić information content (AvgIpc) is 3.22. The summed E-state index contributed by atoms with van der Waals surface area (Å²) in [5, 5.41) is 25.7. The van der Waals surface area contributed by atoms with Crippen LogP contribution in [-0.2, 0) is 27.3 Å². The molecular weight excluding hydrogens is 699 g/mol. The molecule has 7 aromatic carbocycles. The van der Waals surface area contributed by atoms with E-state index in [1.807, 2.05) is 60.7 Å². The van der Waals surface area contributed by atoms with Crippen LogP contribution >= 0.6 is 0 Å². The summed E-state index contributed by atoms with van der Waals surface area (Å²) in [4.78, 5) is 44.7. The Bertz CT molecular complexity index is 2410. The lowest BCUT2D eigenvalue weighted by molar-refractivity contribution is -0.129. The molecule has 0 bridgehead atoms. The molecule has 0 saturated heterocycles. The number of hydrogen-bond acceptors (Lipinski definition) is 5. The first-order valence-corrected chi connectivity index (χ1v) is 19.0. The molecule has 0 aliphatic heterocycles. The molecule has 6 N–H and O–H groups in total. The van der Waals surface area contributed by atoms with Gasteiger partial charge in [-0.3, -0.25) is 24.7 Å². The maximum Gasteiger partial charge on any atom is 0.242 e. The molecule has 0 saturated carbocycles. The molecule has 0 unspecified atom stereocenters. The van der Waals surface area contributed by atoms with E-state index in [1.54, 1.807) is 24.3 Å². The number of aliphatic imine (C=N–C) groups is 1. The van der Waals surface area contributed by atoms with E-state index in [0.29, 0.717) is 12.8 Å². The highest BCUT2D eigenvalue weighted by Crippen LogP contribution is 2.36. The van der Waals surface area contributed by atoms with Crippen molar-refractivity contribution in [2.75, 3.05) is 6.54 Å². The number of aromatic hydroxyl groups is 1. The first-order chi connectivity index (χ1) is 27.3. The second-order valence-corrected chi connectivity index (χ2v) is 14.1. The SMILES string of the molecule is NC(=NCCC[C@@H](NC(=O)C(c1ccccc1)c1ccccc1)C(=O)NCc1ccc(O)cc1)NC(=O)CCCc1ccc2ccc3cccc4ccc1c2c34. The van der Waals surface area contributed by atoms with Gasteiger partial charge in [-0.25, -0.2) is 0 Å². The van der Waals surface area contributed by atoms with Gasteiger partial charge in [0.05, 0.1) is 5.92 Å². The first kappa shape index (κ1) is 37.6. The molecule has 9 heteroatoms. The van der Waals surface area contributed by atoms with Crippen molar-refractivity contribution in [2.45, 2.75) is 50.6 Å². The highest BCUT2D eigenvalue weighted by Gasteiger charge is 2.28. The van der Waals surface area contributed by atoms with E-state index in [0.717, 1.165) is 23.1 Å². The van der Waals surface area contributed by atoms with Gasteiger partial charge in [0.2, 0.25) is 17.7 Å². The normalized spacial score (nSPS) is 12.3.